The number of amides is 1. The number of benzene rings is 3. The summed E-state index contributed by atoms with van der Waals surface area (Å²) >= 11 is 0. The molecule has 1 fully saturated rings. The van der Waals surface area contributed by atoms with Crippen molar-refractivity contribution in [2.75, 3.05) is 13.1 Å². The van der Waals surface area contributed by atoms with Crippen molar-refractivity contribution in [2.45, 2.75) is 32.4 Å². The first-order valence-corrected chi connectivity index (χ1v) is 10.4. The van der Waals surface area contributed by atoms with E-state index >= 15 is 0 Å². The molecule has 0 unspecified atom stereocenters. The van der Waals surface area contributed by atoms with Gasteiger partial charge in [-0.1, -0.05) is 66.7 Å². The Hall–Kier alpha value is -2.91. The first-order chi connectivity index (χ1) is 14.2. The average molecular weight is 385 g/mol. The second-order valence-electron chi connectivity index (χ2n) is 7.85. The number of nitrogens with one attached hydrogen (secondary N) is 1. The van der Waals surface area contributed by atoms with Gasteiger partial charge in [0.15, 0.2) is 0 Å². The van der Waals surface area contributed by atoms with E-state index in [0.29, 0.717) is 5.56 Å². The zero-order chi connectivity index (χ0) is 20.1. The highest BCUT2D eigenvalue weighted by Gasteiger charge is 2.19. The molecule has 3 nitrogen and oxygen atoms in total. The lowest BCUT2D eigenvalue weighted by molar-refractivity contribution is 0.0943. The Kier molecular flexibility index (Phi) is 6.06. The molecular weight excluding hydrogens is 356 g/mol. The van der Waals surface area contributed by atoms with E-state index in [1.807, 2.05) is 42.5 Å². The van der Waals surface area contributed by atoms with Gasteiger partial charge in [-0.05, 0) is 67.2 Å². The number of aryl methyl sites for hydroxylation is 1. The van der Waals surface area contributed by atoms with Gasteiger partial charge in [0, 0.05) is 12.1 Å². The maximum atomic E-state index is 13.0. The Bertz CT molecular complexity index is 944. The summed E-state index contributed by atoms with van der Waals surface area (Å²) in [7, 11) is 0. The number of hydrogen-bond acceptors (Lipinski definition) is 2. The lowest BCUT2D eigenvalue weighted by Gasteiger charge is -2.22. The summed E-state index contributed by atoms with van der Waals surface area (Å²) in [5.41, 5.74) is 5.34. The Morgan fingerprint density at radius 1 is 0.897 bits per heavy atom. The zero-order valence-corrected chi connectivity index (χ0v) is 17.0. The summed E-state index contributed by atoms with van der Waals surface area (Å²) < 4.78 is 0. The molecule has 0 bridgehead atoms. The van der Waals surface area contributed by atoms with Gasteiger partial charge in [0.05, 0.1) is 6.04 Å². The van der Waals surface area contributed by atoms with Crippen LogP contribution in [0.2, 0.25) is 0 Å². The van der Waals surface area contributed by atoms with E-state index in [2.05, 4.69) is 53.5 Å². The summed E-state index contributed by atoms with van der Waals surface area (Å²) in [5.74, 6) is -0.0465. The lowest BCUT2D eigenvalue weighted by atomic mass is 9.94. The number of carbonyl (C=O) groups is 1. The van der Waals surface area contributed by atoms with Gasteiger partial charge in [-0.25, -0.2) is 0 Å². The monoisotopic (exact) mass is 384 g/mol. The molecule has 0 saturated carbocycles. The van der Waals surface area contributed by atoms with Gasteiger partial charge in [0.1, 0.15) is 0 Å². The quantitative estimate of drug-likeness (QED) is 0.640. The molecular formula is C26H28N2O. The predicted molar refractivity (Wildman–Crippen MR) is 118 cm³/mol. The third-order valence-corrected chi connectivity index (χ3v) is 5.73. The van der Waals surface area contributed by atoms with Crippen LogP contribution in [0.3, 0.4) is 0 Å². The molecule has 29 heavy (non-hydrogen) atoms. The highest BCUT2D eigenvalue weighted by molar-refractivity contribution is 5.94. The number of rotatable bonds is 6. The third-order valence-electron chi connectivity index (χ3n) is 5.73. The molecule has 0 radical (unpaired) electrons. The van der Waals surface area contributed by atoms with Crippen LogP contribution in [0.1, 0.15) is 51.5 Å². The van der Waals surface area contributed by atoms with Crippen molar-refractivity contribution in [3.8, 4) is 0 Å². The molecule has 0 aliphatic carbocycles. The number of carbonyl (C=O) groups excluding carboxylic acids is 1. The molecule has 1 aliphatic rings. The standard InChI is InChI=1S/C26H28N2O/c1-20-9-5-6-12-24(20)25(22-10-3-2-4-11-22)27-26(29)23-15-13-21(14-16-23)19-28-17-7-8-18-28/h2-6,9-16,25H,7-8,17-19H2,1H3,(H,27,29)/t25-/m0/s1. The smallest absolute Gasteiger partial charge is 0.252 e. The Morgan fingerprint density at radius 2 is 1.55 bits per heavy atom. The minimum atomic E-state index is -0.172. The van der Waals surface area contributed by atoms with E-state index in [-0.39, 0.29) is 11.9 Å². The second-order valence-corrected chi connectivity index (χ2v) is 7.85. The van der Waals surface area contributed by atoms with Gasteiger partial charge in [0.2, 0.25) is 0 Å². The number of hydrogen-bond donors (Lipinski definition) is 1. The Labute approximate surface area is 173 Å². The van der Waals surface area contributed by atoms with E-state index in [1.54, 1.807) is 0 Å². The molecule has 3 heteroatoms. The minimum Gasteiger partial charge on any atom is -0.341 e. The summed E-state index contributed by atoms with van der Waals surface area (Å²) in [6.45, 7) is 5.41. The van der Waals surface area contributed by atoms with Crippen LogP contribution in [0.15, 0.2) is 78.9 Å². The maximum absolute atomic E-state index is 13.0. The van der Waals surface area contributed by atoms with E-state index in [1.165, 1.54) is 37.1 Å². The lowest BCUT2D eigenvalue weighted by Crippen LogP contribution is -2.29. The van der Waals surface area contributed by atoms with E-state index in [4.69, 9.17) is 0 Å². The molecule has 148 valence electrons. The van der Waals surface area contributed by atoms with Crippen molar-refractivity contribution in [2.24, 2.45) is 0 Å². The fourth-order valence-electron chi connectivity index (χ4n) is 4.07. The SMILES string of the molecule is Cc1ccccc1[C@@H](NC(=O)c1ccc(CN2CCCC2)cc1)c1ccccc1. The molecule has 1 aliphatic heterocycles. The van der Waals surface area contributed by atoms with Crippen LogP contribution in [0.25, 0.3) is 0 Å². The van der Waals surface area contributed by atoms with E-state index in [0.717, 1.165) is 17.7 Å². The molecule has 0 spiro atoms. The number of likely N-dealkylation sites (tertiary alicyclic amines) is 1. The van der Waals surface area contributed by atoms with E-state index in [9.17, 15) is 4.79 Å². The van der Waals surface area contributed by atoms with Crippen LogP contribution >= 0.6 is 0 Å². The summed E-state index contributed by atoms with van der Waals surface area (Å²) in [6, 6.07) is 26.3. The van der Waals surface area contributed by atoms with Crippen LogP contribution < -0.4 is 5.32 Å². The first-order valence-electron chi connectivity index (χ1n) is 10.4. The molecule has 1 saturated heterocycles. The summed E-state index contributed by atoms with van der Waals surface area (Å²) in [6.07, 6.45) is 2.58. The van der Waals surface area contributed by atoms with Gasteiger partial charge in [0.25, 0.3) is 5.91 Å². The molecule has 3 aromatic rings. The molecule has 1 heterocycles. The van der Waals surface area contributed by atoms with Crippen LogP contribution in [0, 0.1) is 6.92 Å². The molecule has 1 N–H and O–H groups in total. The molecule has 1 atom stereocenters. The maximum Gasteiger partial charge on any atom is 0.252 e. The molecule has 0 aromatic heterocycles. The van der Waals surface area contributed by atoms with Crippen LogP contribution in [0.5, 0.6) is 0 Å². The Balaban J connectivity index is 1.53. The molecule has 3 aromatic carbocycles. The van der Waals surface area contributed by atoms with Crippen LogP contribution in [0.4, 0.5) is 0 Å². The highest BCUT2D eigenvalue weighted by Crippen LogP contribution is 2.25. The van der Waals surface area contributed by atoms with Gasteiger partial charge in [-0.15, -0.1) is 0 Å². The van der Waals surface area contributed by atoms with Crippen LogP contribution in [-0.4, -0.2) is 23.9 Å². The van der Waals surface area contributed by atoms with Crippen molar-refractivity contribution >= 4 is 5.91 Å². The van der Waals surface area contributed by atoms with Crippen molar-refractivity contribution in [1.82, 2.24) is 10.2 Å². The van der Waals surface area contributed by atoms with Crippen LogP contribution in [-0.2, 0) is 6.54 Å². The predicted octanol–water partition coefficient (Wildman–Crippen LogP) is 5.11. The van der Waals surface area contributed by atoms with Crippen molar-refractivity contribution in [3.05, 3.63) is 107 Å². The minimum absolute atomic E-state index is 0.0465. The topological polar surface area (TPSA) is 32.3 Å². The first kappa shape index (κ1) is 19.4. The average Bonchev–Trinajstić information content (AvgIpc) is 3.27. The van der Waals surface area contributed by atoms with E-state index < -0.39 is 0 Å². The normalized spacial score (nSPS) is 15.2. The Morgan fingerprint density at radius 3 is 2.24 bits per heavy atom. The highest BCUT2D eigenvalue weighted by atomic mass is 16.1. The number of nitrogens with zero attached hydrogens (tertiary/aromatic N) is 1. The van der Waals surface area contributed by atoms with Crippen molar-refractivity contribution < 1.29 is 4.79 Å². The molecule has 4 rings (SSSR count). The second kappa shape index (κ2) is 9.06. The summed E-state index contributed by atoms with van der Waals surface area (Å²) in [4.78, 5) is 15.5. The largest absolute Gasteiger partial charge is 0.341 e. The fraction of sp³-hybridized carbons (Fsp3) is 0.269. The van der Waals surface area contributed by atoms with Gasteiger partial charge >= 0.3 is 0 Å². The fourth-order valence-corrected chi connectivity index (χ4v) is 4.07. The zero-order valence-electron chi connectivity index (χ0n) is 17.0. The third kappa shape index (κ3) is 4.75. The van der Waals surface area contributed by atoms with Gasteiger partial charge in [-0.3, -0.25) is 9.69 Å². The molecule has 1 amide bonds. The van der Waals surface area contributed by atoms with Crippen molar-refractivity contribution in [3.63, 3.8) is 0 Å². The van der Waals surface area contributed by atoms with Crippen molar-refractivity contribution in [1.29, 1.82) is 0 Å². The summed E-state index contributed by atoms with van der Waals surface area (Å²) in [5, 5.41) is 3.25. The van der Waals surface area contributed by atoms with Gasteiger partial charge in [-0.2, -0.15) is 0 Å². The van der Waals surface area contributed by atoms with Gasteiger partial charge < -0.3 is 5.32 Å².